The Balaban J connectivity index is 1.67. The number of carbonyl (C=O) groups is 2. The summed E-state index contributed by atoms with van der Waals surface area (Å²) in [6.45, 7) is 4.14. The quantitative estimate of drug-likeness (QED) is 0.549. The first-order chi connectivity index (χ1) is 16.8. The van der Waals surface area contributed by atoms with E-state index in [1.807, 2.05) is 0 Å². The third-order valence-electron chi connectivity index (χ3n) is 7.48. The maximum Gasteiger partial charge on any atom is 0.221 e. The molecule has 2 atom stereocenters. The minimum Gasteiger partial charge on any atom is -0.390 e. The number of rotatable bonds is 7. The molecule has 0 bridgehead atoms. The number of halogens is 2. The molecule has 2 fully saturated rings. The first-order valence-corrected chi connectivity index (χ1v) is 13.6. The van der Waals surface area contributed by atoms with Gasteiger partial charge < -0.3 is 5.11 Å². The van der Waals surface area contributed by atoms with E-state index < -0.39 is 62.0 Å². The molecule has 6 nitrogen and oxygen atoms in total. The number of sulfonamides is 1. The van der Waals surface area contributed by atoms with E-state index >= 15 is 8.78 Å². The molecule has 1 saturated heterocycles. The van der Waals surface area contributed by atoms with E-state index in [0.29, 0.717) is 18.4 Å². The molecule has 1 N–H and O–H groups in total. The lowest BCUT2D eigenvalue weighted by atomic mass is 9.54. The Morgan fingerprint density at radius 3 is 2.31 bits per heavy atom. The molecule has 0 radical (unpaired) electrons. The third kappa shape index (κ3) is 4.76. The normalized spacial score (nSPS) is 29.9. The van der Waals surface area contributed by atoms with E-state index in [9.17, 15) is 23.1 Å². The van der Waals surface area contributed by atoms with Crippen molar-refractivity contribution >= 4 is 21.6 Å². The number of Topliss-reactive ketones (excluding diaryl/α,β-unsaturated/α-hetero) is 2. The molecule has 0 aromatic heterocycles. The zero-order valence-electron chi connectivity index (χ0n) is 20.6. The summed E-state index contributed by atoms with van der Waals surface area (Å²) in [7, 11) is -3.85. The van der Waals surface area contributed by atoms with Gasteiger partial charge in [0.25, 0.3) is 0 Å². The van der Waals surface area contributed by atoms with Crippen molar-refractivity contribution in [1.82, 2.24) is 4.31 Å². The van der Waals surface area contributed by atoms with Crippen LogP contribution in [-0.2, 0) is 31.6 Å². The zero-order valence-corrected chi connectivity index (χ0v) is 21.4. The van der Waals surface area contributed by atoms with E-state index in [2.05, 4.69) is 0 Å². The second kappa shape index (κ2) is 9.43. The van der Waals surface area contributed by atoms with Crippen LogP contribution in [0.25, 0.3) is 0 Å². The maximum atomic E-state index is 15.4. The highest BCUT2D eigenvalue weighted by molar-refractivity contribution is 7.89. The molecule has 1 heterocycles. The summed E-state index contributed by atoms with van der Waals surface area (Å²) in [5.74, 6) is -2.66. The molecule has 0 unspecified atom stereocenters. The summed E-state index contributed by atoms with van der Waals surface area (Å²) in [5.41, 5.74) is -2.43. The lowest BCUT2D eigenvalue weighted by Crippen LogP contribution is -2.58. The molecule has 194 valence electrons. The van der Waals surface area contributed by atoms with Crippen LogP contribution in [0.15, 0.2) is 42.5 Å². The number of aliphatic hydroxyl groups is 1. The lowest BCUT2D eigenvalue weighted by molar-refractivity contribution is -0.145. The lowest BCUT2D eigenvalue weighted by Gasteiger charge is -2.51. The van der Waals surface area contributed by atoms with Gasteiger partial charge in [-0.2, -0.15) is 4.31 Å². The predicted molar refractivity (Wildman–Crippen MR) is 131 cm³/mol. The Morgan fingerprint density at radius 1 is 1.08 bits per heavy atom. The Morgan fingerprint density at radius 2 is 1.72 bits per heavy atom. The molecule has 0 amide bonds. The smallest absolute Gasteiger partial charge is 0.221 e. The minimum absolute atomic E-state index is 0.127. The van der Waals surface area contributed by atoms with Gasteiger partial charge in [-0.05, 0) is 64.2 Å². The second-order valence-electron chi connectivity index (χ2n) is 10.6. The average molecular weight is 520 g/mol. The fourth-order valence-electron chi connectivity index (χ4n) is 5.78. The van der Waals surface area contributed by atoms with E-state index in [1.54, 1.807) is 37.3 Å². The zero-order chi connectivity index (χ0) is 26.5. The maximum absolute atomic E-state index is 15.4. The van der Waals surface area contributed by atoms with Crippen molar-refractivity contribution in [1.29, 1.82) is 0 Å². The van der Waals surface area contributed by atoms with Crippen LogP contribution in [0.5, 0.6) is 0 Å². The van der Waals surface area contributed by atoms with Crippen LogP contribution >= 0.6 is 0 Å². The largest absolute Gasteiger partial charge is 0.390 e. The van der Waals surface area contributed by atoms with Crippen molar-refractivity contribution in [3.63, 3.8) is 0 Å². The first-order valence-electron chi connectivity index (χ1n) is 12.1. The molecule has 0 spiro atoms. The van der Waals surface area contributed by atoms with Gasteiger partial charge >= 0.3 is 0 Å². The SMILES string of the molecule is CC(=O)CC(=O)[C@]1(c2cc(F)c(CN3[C@@H](C)CC[C@H](c4ccccc4)S3(=O)=O)cc2F)C[C@@](C)(O)C1. The van der Waals surface area contributed by atoms with Crippen molar-refractivity contribution in [2.45, 2.75) is 81.7 Å². The van der Waals surface area contributed by atoms with E-state index in [-0.39, 0.29) is 30.5 Å². The molecule has 1 aliphatic heterocycles. The van der Waals surface area contributed by atoms with E-state index in [1.165, 1.54) is 18.2 Å². The molecular formula is C27H31F2NO5S. The number of hydrogen-bond donors (Lipinski definition) is 1. The van der Waals surface area contributed by atoms with Gasteiger partial charge in [-0.1, -0.05) is 30.3 Å². The van der Waals surface area contributed by atoms with Gasteiger partial charge in [0.1, 0.15) is 22.7 Å². The second-order valence-corrected chi connectivity index (χ2v) is 12.6. The van der Waals surface area contributed by atoms with Crippen LogP contribution in [0.2, 0.25) is 0 Å². The highest BCUT2D eigenvalue weighted by Crippen LogP contribution is 2.52. The molecule has 2 aromatic carbocycles. The number of carbonyl (C=O) groups excluding carboxylic acids is 2. The van der Waals surface area contributed by atoms with Gasteiger partial charge in [0.15, 0.2) is 5.78 Å². The molecule has 2 aromatic rings. The van der Waals surface area contributed by atoms with Crippen molar-refractivity contribution in [3.05, 3.63) is 70.8 Å². The van der Waals surface area contributed by atoms with Gasteiger partial charge in [-0.25, -0.2) is 17.2 Å². The highest BCUT2D eigenvalue weighted by atomic mass is 32.2. The summed E-state index contributed by atoms with van der Waals surface area (Å²) in [6.07, 6.45) is 0.304. The van der Waals surface area contributed by atoms with Crippen LogP contribution in [0.3, 0.4) is 0 Å². The molecule has 1 saturated carbocycles. The fourth-order valence-corrected chi connectivity index (χ4v) is 7.97. The Hall–Kier alpha value is -2.49. The highest BCUT2D eigenvalue weighted by Gasteiger charge is 2.57. The summed E-state index contributed by atoms with van der Waals surface area (Å²) in [6, 6.07) is 10.3. The van der Waals surface area contributed by atoms with Crippen LogP contribution in [0, 0.1) is 11.6 Å². The summed E-state index contributed by atoms with van der Waals surface area (Å²) in [4.78, 5) is 24.5. The van der Waals surface area contributed by atoms with Crippen LogP contribution in [-0.4, -0.2) is 41.0 Å². The van der Waals surface area contributed by atoms with Crippen LogP contribution < -0.4 is 0 Å². The van der Waals surface area contributed by atoms with Gasteiger partial charge in [0.05, 0.1) is 17.4 Å². The van der Waals surface area contributed by atoms with Crippen molar-refractivity contribution in [2.24, 2.45) is 0 Å². The molecule has 2 aliphatic rings. The standard InChI is InChI=1S/C27H31F2NO5S/c1-17-9-10-24(19-7-5-4-6-8-19)36(34,35)30(17)14-20-12-23(29)21(13-22(20)28)27(15-26(3,33)16-27)25(32)11-18(2)31/h4-8,12-13,17,24,33H,9-11,14-16H2,1-3H3/t17-,24+,26-,27-/m0/s1. The van der Waals surface area contributed by atoms with Crippen LogP contribution in [0.1, 0.15) is 74.8 Å². The van der Waals surface area contributed by atoms with E-state index in [4.69, 9.17) is 0 Å². The van der Waals surface area contributed by atoms with Crippen molar-refractivity contribution in [2.75, 3.05) is 0 Å². The van der Waals surface area contributed by atoms with Crippen molar-refractivity contribution < 1.29 is 31.9 Å². The molecule has 36 heavy (non-hydrogen) atoms. The molecule has 1 aliphatic carbocycles. The number of benzene rings is 2. The fraction of sp³-hybridized carbons (Fsp3) is 0.481. The number of nitrogens with zero attached hydrogens (tertiary/aromatic N) is 1. The van der Waals surface area contributed by atoms with E-state index in [0.717, 1.165) is 12.1 Å². The van der Waals surface area contributed by atoms with Crippen LogP contribution in [0.4, 0.5) is 8.78 Å². The predicted octanol–water partition coefficient (Wildman–Crippen LogP) is 4.35. The molecule has 4 rings (SSSR count). The van der Waals surface area contributed by atoms with Gasteiger partial charge in [-0.15, -0.1) is 0 Å². The summed E-state index contributed by atoms with van der Waals surface area (Å²) < 4.78 is 59.0. The van der Waals surface area contributed by atoms with Gasteiger partial charge in [0.2, 0.25) is 10.0 Å². The summed E-state index contributed by atoms with van der Waals surface area (Å²) >= 11 is 0. The minimum atomic E-state index is -3.85. The van der Waals surface area contributed by atoms with Gasteiger partial charge in [0, 0.05) is 23.7 Å². The monoisotopic (exact) mass is 519 g/mol. The Labute approximate surface area is 210 Å². The Bertz CT molecular complexity index is 1280. The average Bonchev–Trinajstić information content (AvgIpc) is 2.76. The number of hydrogen-bond acceptors (Lipinski definition) is 5. The Kier molecular flexibility index (Phi) is 6.96. The summed E-state index contributed by atoms with van der Waals surface area (Å²) in [5, 5.41) is 9.53. The van der Waals surface area contributed by atoms with Crippen molar-refractivity contribution in [3.8, 4) is 0 Å². The number of ketones is 2. The topological polar surface area (TPSA) is 91.8 Å². The van der Waals surface area contributed by atoms with Gasteiger partial charge in [-0.3, -0.25) is 9.59 Å². The molecule has 9 heteroatoms. The molecular weight excluding hydrogens is 488 g/mol. The third-order valence-corrected chi connectivity index (χ3v) is 9.85. The first kappa shape index (κ1) is 26.6.